The third-order valence-electron chi connectivity index (χ3n) is 4.03. The number of halogens is 1. The second kappa shape index (κ2) is 6.75. The SMILES string of the molecule is Cc1cc(S(=O)(=O)N(C)C2CCC(N)CC2)sc1C.Cl. The number of thiophene rings is 1. The number of nitrogens with zero attached hydrogens (tertiary/aromatic N) is 1. The molecule has 2 N–H and O–H groups in total. The first-order valence-electron chi connectivity index (χ1n) is 6.63. The van der Waals surface area contributed by atoms with Crippen molar-refractivity contribution in [2.75, 3.05) is 7.05 Å². The molecule has 1 aromatic heterocycles. The normalized spacial score (nSPS) is 23.6. The molecule has 116 valence electrons. The van der Waals surface area contributed by atoms with Crippen molar-refractivity contribution in [2.45, 2.75) is 55.8 Å². The van der Waals surface area contributed by atoms with Gasteiger partial charge in [-0.3, -0.25) is 0 Å². The Hall–Kier alpha value is -0.140. The highest BCUT2D eigenvalue weighted by molar-refractivity contribution is 7.91. The Morgan fingerprint density at radius 1 is 1.25 bits per heavy atom. The number of rotatable bonds is 3. The van der Waals surface area contributed by atoms with Crippen LogP contribution in [-0.4, -0.2) is 31.9 Å². The standard InChI is InChI=1S/C13H22N2O2S2.ClH/c1-9-8-13(18-10(9)2)19(16,17)15(3)12-6-4-11(14)5-7-12;/h8,11-12H,4-7,14H2,1-3H3;1H. The quantitative estimate of drug-likeness (QED) is 0.921. The van der Waals surface area contributed by atoms with E-state index in [9.17, 15) is 8.42 Å². The highest BCUT2D eigenvalue weighted by Crippen LogP contribution is 2.31. The Bertz CT molecular complexity index is 529. The molecule has 1 saturated carbocycles. The molecule has 0 aromatic carbocycles. The lowest BCUT2D eigenvalue weighted by atomic mass is 9.92. The van der Waals surface area contributed by atoms with E-state index in [0.29, 0.717) is 4.21 Å². The maximum atomic E-state index is 12.6. The molecule has 2 rings (SSSR count). The monoisotopic (exact) mass is 338 g/mol. The van der Waals surface area contributed by atoms with Crippen molar-refractivity contribution < 1.29 is 8.42 Å². The maximum absolute atomic E-state index is 12.6. The molecule has 0 radical (unpaired) electrons. The van der Waals surface area contributed by atoms with Gasteiger partial charge in [0.1, 0.15) is 4.21 Å². The van der Waals surface area contributed by atoms with Crippen molar-refractivity contribution in [3.05, 3.63) is 16.5 Å². The number of nitrogens with two attached hydrogens (primary N) is 1. The predicted octanol–water partition coefficient (Wildman–Crippen LogP) is 2.68. The van der Waals surface area contributed by atoms with Crippen molar-refractivity contribution in [1.82, 2.24) is 4.31 Å². The molecule has 7 heteroatoms. The lowest BCUT2D eigenvalue weighted by molar-refractivity contribution is 0.269. The summed E-state index contributed by atoms with van der Waals surface area (Å²) >= 11 is 1.36. The highest BCUT2D eigenvalue weighted by atomic mass is 35.5. The third-order valence-corrected chi connectivity index (χ3v) is 7.54. The van der Waals surface area contributed by atoms with Crippen molar-refractivity contribution in [1.29, 1.82) is 0 Å². The molecule has 1 aliphatic carbocycles. The zero-order valence-electron chi connectivity index (χ0n) is 12.1. The molecule has 1 fully saturated rings. The first-order valence-corrected chi connectivity index (χ1v) is 8.88. The Kier molecular flexibility index (Phi) is 6.04. The van der Waals surface area contributed by atoms with E-state index in [1.807, 2.05) is 13.8 Å². The average molecular weight is 339 g/mol. The van der Waals surface area contributed by atoms with Crippen LogP contribution in [0.5, 0.6) is 0 Å². The van der Waals surface area contributed by atoms with Crippen LogP contribution in [0.2, 0.25) is 0 Å². The lowest BCUT2D eigenvalue weighted by Gasteiger charge is -2.32. The molecule has 1 heterocycles. The minimum Gasteiger partial charge on any atom is -0.328 e. The van der Waals surface area contributed by atoms with Gasteiger partial charge in [0.05, 0.1) is 0 Å². The fraction of sp³-hybridized carbons (Fsp3) is 0.692. The first kappa shape index (κ1) is 17.9. The first-order chi connectivity index (χ1) is 8.82. The van der Waals surface area contributed by atoms with Crippen molar-refractivity contribution in [3.63, 3.8) is 0 Å². The molecule has 0 aliphatic heterocycles. The van der Waals surface area contributed by atoms with E-state index in [-0.39, 0.29) is 24.5 Å². The van der Waals surface area contributed by atoms with Gasteiger partial charge >= 0.3 is 0 Å². The van der Waals surface area contributed by atoms with Gasteiger partial charge in [0, 0.05) is 24.0 Å². The van der Waals surface area contributed by atoms with Crippen LogP contribution in [0.1, 0.15) is 36.1 Å². The summed E-state index contributed by atoms with van der Waals surface area (Å²) in [5.41, 5.74) is 6.92. The molecule has 20 heavy (non-hydrogen) atoms. The summed E-state index contributed by atoms with van der Waals surface area (Å²) in [7, 11) is -1.65. The second-order valence-electron chi connectivity index (χ2n) is 5.39. The van der Waals surface area contributed by atoms with Gasteiger partial charge in [-0.1, -0.05) is 0 Å². The molecular weight excluding hydrogens is 316 g/mol. The van der Waals surface area contributed by atoms with Crippen molar-refractivity contribution >= 4 is 33.8 Å². The average Bonchev–Trinajstić information content (AvgIpc) is 2.70. The smallest absolute Gasteiger partial charge is 0.252 e. The van der Waals surface area contributed by atoms with E-state index in [1.54, 1.807) is 17.4 Å². The van der Waals surface area contributed by atoms with Crippen LogP contribution in [0, 0.1) is 13.8 Å². The van der Waals surface area contributed by atoms with E-state index in [2.05, 4.69) is 0 Å². The van der Waals surface area contributed by atoms with Gasteiger partial charge in [-0.25, -0.2) is 8.42 Å². The van der Waals surface area contributed by atoms with Crippen LogP contribution in [-0.2, 0) is 10.0 Å². The Morgan fingerprint density at radius 3 is 2.25 bits per heavy atom. The zero-order valence-corrected chi connectivity index (χ0v) is 14.6. The topological polar surface area (TPSA) is 63.4 Å². The van der Waals surface area contributed by atoms with Gasteiger partial charge in [0.2, 0.25) is 0 Å². The summed E-state index contributed by atoms with van der Waals surface area (Å²) in [6, 6.07) is 2.10. The van der Waals surface area contributed by atoms with Crippen LogP contribution in [0.15, 0.2) is 10.3 Å². The molecule has 4 nitrogen and oxygen atoms in total. The highest BCUT2D eigenvalue weighted by Gasteiger charge is 2.31. The summed E-state index contributed by atoms with van der Waals surface area (Å²) in [5.74, 6) is 0. The van der Waals surface area contributed by atoms with Crippen LogP contribution in [0.25, 0.3) is 0 Å². The Balaban J connectivity index is 0.00000200. The van der Waals surface area contributed by atoms with Crippen LogP contribution >= 0.6 is 23.7 Å². The summed E-state index contributed by atoms with van der Waals surface area (Å²) in [5, 5.41) is 0. The number of hydrogen-bond acceptors (Lipinski definition) is 4. The number of aryl methyl sites for hydroxylation is 2. The fourth-order valence-corrected chi connectivity index (χ4v) is 5.59. The van der Waals surface area contributed by atoms with Gasteiger partial charge in [-0.05, 0) is 51.2 Å². The second-order valence-corrected chi connectivity index (χ2v) is 8.88. The van der Waals surface area contributed by atoms with Gasteiger partial charge in [0.25, 0.3) is 10.0 Å². The van der Waals surface area contributed by atoms with E-state index >= 15 is 0 Å². The van der Waals surface area contributed by atoms with Gasteiger partial charge in [-0.2, -0.15) is 4.31 Å². The molecule has 0 bridgehead atoms. The van der Waals surface area contributed by atoms with E-state index in [0.717, 1.165) is 36.1 Å². The molecule has 1 aliphatic rings. The van der Waals surface area contributed by atoms with Crippen LogP contribution in [0.4, 0.5) is 0 Å². The summed E-state index contributed by atoms with van der Waals surface area (Å²) in [6.45, 7) is 3.91. The Morgan fingerprint density at radius 2 is 1.80 bits per heavy atom. The summed E-state index contributed by atoms with van der Waals surface area (Å²) in [6.07, 6.45) is 3.54. The molecule has 0 saturated heterocycles. The molecule has 0 atom stereocenters. The van der Waals surface area contributed by atoms with Crippen molar-refractivity contribution in [3.8, 4) is 0 Å². The molecule has 0 unspecified atom stereocenters. The minimum absolute atomic E-state index is 0. The van der Waals surface area contributed by atoms with Crippen LogP contribution < -0.4 is 5.73 Å². The number of hydrogen-bond donors (Lipinski definition) is 1. The summed E-state index contributed by atoms with van der Waals surface area (Å²) < 4.78 is 27.2. The lowest BCUT2D eigenvalue weighted by Crippen LogP contribution is -2.41. The van der Waals surface area contributed by atoms with E-state index in [1.165, 1.54) is 11.3 Å². The van der Waals surface area contributed by atoms with Gasteiger partial charge < -0.3 is 5.73 Å². The van der Waals surface area contributed by atoms with E-state index < -0.39 is 10.0 Å². The molecule has 0 amide bonds. The maximum Gasteiger partial charge on any atom is 0.252 e. The molecular formula is C13H23ClN2O2S2. The van der Waals surface area contributed by atoms with Gasteiger partial charge in [0.15, 0.2) is 0 Å². The zero-order chi connectivity index (χ0) is 14.2. The minimum atomic E-state index is -3.35. The van der Waals surface area contributed by atoms with Gasteiger partial charge in [-0.15, -0.1) is 23.7 Å². The van der Waals surface area contributed by atoms with Crippen LogP contribution in [0.3, 0.4) is 0 Å². The fourth-order valence-electron chi connectivity index (χ4n) is 2.47. The predicted molar refractivity (Wildman–Crippen MR) is 86.2 cm³/mol. The molecule has 0 spiro atoms. The molecule has 1 aromatic rings. The summed E-state index contributed by atoms with van der Waals surface area (Å²) in [4.78, 5) is 1.07. The third kappa shape index (κ3) is 3.54. The Labute approximate surface area is 131 Å². The largest absolute Gasteiger partial charge is 0.328 e. The van der Waals surface area contributed by atoms with Crippen molar-refractivity contribution in [2.24, 2.45) is 5.73 Å². The number of sulfonamides is 1. The van der Waals surface area contributed by atoms with E-state index in [4.69, 9.17) is 5.73 Å².